The molecule has 0 saturated heterocycles. The van der Waals surface area contributed by atoms with Crippen molar-refractivity contribution in [2.45, 2.75) is 6.92 Å². The molecule has 3 nitrogen and oxygen atoms in total. The molecule has 78 valence electrons. The number of benzene rings is 1. The fourth-order valence-electron chi connectivity index (χ4n) is 1.60. The highest BCUT2D eigenvalue weighted by atomic mass is 35.5. The number of methoxy groups -OCH3 is 1. The van der Waals surface area contributed by atoms with Gasteiger partial charge in [-0.05, 0) is 18.6 Å². The van der Waals surface area contributed by atoms with Gasteiger partial charge in [0.25, 0.3) is 0 Å². The number of fused-ring (bicyclic) bond motifs is 1. The topological polar surface area (TPSA) is 48.1 Å². The van der Waals surface area contributed by atoms with Crippen molar-refractivity contribution in [3.8, 4) is 5.75 Å². The van der Waals surface area contributed by atoms with Gasteiger partial charge in [-0.25, -0.2) is 0 Å². The molecule has 4 heteroatoms. The summed E-state index contributed by atoms with van der Waals surface area (Å²) in [5.74, 6) is 0.581. The first-order valence-electron chi connectivity index (χ1n) is 4.52. The lowest BCUT2D eigenvalue weighted by molar-refractivity contribution is 0.416. The van der Waals surface area contributed by atoms with E-state index in [9.17, 15) is 0 Å². The van der Waals surface area contributed by atoms with E-state index in [2.05, 4.69) is 4.98 Å². The highest BCUT2D eigenvalue weighted by Crippen LogP contribution is 2.37. The van der Waals surface area contributed by atoms with Crippen LogP contribution >= 0.6 is 11.6 Å². The number of halogens is 1. The fourth-order valence-corrected chi connectivity index (χ4v) is 1.97. The van der Waals surface area contributed by atoms with Gasteiger partial charge in [0.2, 0.25) is 0 Å². The molecule has 0 amide bonds. The average Bonchev–Trinajstić information content (AvgIpc) is 2.23. The maximum absolute atomic E-state index is 6.20. The predicted octanol–water partition coefficient (Wildman–Crippen LogP) is 2.79. The number of aryl methyl sites for hydroxylation is 1. The lowest BCUT2D eigenvalue weighted by Crippen LogP contribution is -1.95. The Balaban J connectivity index is 2.95. The number of nitrogen functional groups attached to an aromatic ring is 1. The van der Waals surface area contributed by atoms with Crippen LogP contribution in [0.25, 0.3) is 10.9 Å². The number of pyridine rings is 1. The summed E-state index contributed by atoms with van der Waals surface area (Å²) in [6.07, 6.45) is 1.72. The molecule has 2 rings (SSSR count). The fraction of sp³-hybridized carbons (Fsp3) is 0.182. The van der Waals surface area contributed by atoms with Crippen LogP contribution in [-0.2, 0) is 0 Å². The van der Waals surface area contributed by atoms with Crippen LogP contribution in [0.5, 0.6) is 5.75 Å². The third-order valence-electron chi connectivity index (χ3n) is 2.38. The van der Waals surface area contributed by atoms with Crippen LogP contribution in [0.3, 0.4) is 0 Å². The first-order valence-corrected chi connectivity index (χ1v) is 4.90. The maximum Gasteiger partial charge on any atom is 0.140 e. The minimum Gasteiger partial charge on any atom is -0.495 e. The summed E-state index contributed by atoms with van der Waals surface area (Å²) in [6, 6.07) is 3.59. The molecular formula is C11H11ClN2O. The van der Waals surface area contributed by atoms with Crippen molar-refractivity contribution in [3.63, 3.8) is 0 Å². The van der Waals surface area contributed by atoms with Crippen molar-refractivity contribution in [2.24, 2.45) is 0 Å². The molecule has 0 unspecified atom stereocenters. The number of ether oxygens (including phenoxy) is 1. The van der Waals surface area contributed by atoms with Crippen molar-refractivity contribution >= 4 is 28.2 Å². The molecule has 15 heavy (non-hydrogen) atoms. The molecule has 0 fully saturated rings. The van der Waals surface area contributed by atoms with Crippen LogP contribution in [0.4, 0.5) is 5.69 Å². The number of anilines is 1. The lowest BCUT2D eigenvalue weighted by atomic mass is 10.1. The smallest absolute Gasteiger partial charge is 0.140 e. The second kappa shape index (κ2) is 3.59. The molecule has 0 bridgehead atoms. The Morgan fingerprint density at radius 2 is 2.20 bits per heavy atom. The molecule has 0 atom stereocenters. The van der Waals surface area contributed by atoms with E-state index in [1.807, 2.05) is 13.0 Å². The molecule has 1 heterocycles. The van der Waals surface area contributed by atoms with Crippen LogP contribution in [0, 0.1) is 6.92 Å². The van der Waals surface area contributed by atoms with Crippen molar-refractivity contribution < 1.29 is 4.74 Å². The minimum atomic E-state index is 0.562. The number of hydrogen-bond donors (Lipinski definition) is 1. The molecule has 1 aromatic carbocycles. The Labute approximate surface area is 92.8 Å². The zero-order valence-electron chi connectivity index (χ0n) is 8.54. The first kappa shape index (κ1) is 10.1. The van der Waals surface area contributed by atoms with Gasteiger partial charge in [0.1, 0.15) is 5.75 Å². The zero-order chi connectivity index (χ0) is 11.0. The Bertz CT molecular complexity index is 525. The van der Waals surface area contributed by atoms with E-state index in [0.717, 1.165) is 16.5 Å². The first-order chi connectivity index (χ1) is 7.15. The second-order valence-corrected chi connectivity index (χ2v) is 3.71. The van der Waals surface area contributed by atoms with Crippen LogP contribution < -0.4 is 10.5 Å². The lowest BCUT2D eigenvalue weighted by Gasteiger charge is -2.10. The number of nitrogens with zero attached hydrogens (tertiary/aromatic N) is 1. The van der Waals surface area contributed by atoms with Gasteiger partial charge in [0.05, 0.1) is 23.3 Å². The normalized spacial score (nSPS) is 10.6. The van der Waals surface area contributed by atoms with Crippen molar-refractivity contribution in [2.75, 3.05) is 12.8 Å². The summed E-state index contributed by atoms with van der Waals surface area (Å²) in [7, 11) is 1.57. The Morgan fingerprint density at radius 1 is 1.47 bits per heavy atom. The highest BCUT2D eigenvalue weighted by molar-refractivity contribution is 6.37. The summed E-state index contributed by atoms with van der Waals surface area (Å²) < 4.78 is 5.15. The Hall–Kier alpha value is -1.48. The Kier molecular flexibility index (Phi) is 2.40. The quantitative estimate of drug-likeness (QED) is 0.755. The highest BCUT2D eigenvalue weighted by Gasteiger charge is 2.11. The van der Waals surface area contributed by atoms with Crippen molar-refractivity contribution in [1.82, 2.24) is 4.98 Å². The molecule has 0 aliphatic rings. The summed E-state index contributed by atoms with van der Waals surface area (Å²) >= 11 is 6.20. The summed E-state index contributed by atoms with van der Waals surface area (Å²) in [5, 5.41) is 1.42. The summed E-state index contributed by atoms with van der Waals surface area (Å²) in [4.78, 5) is 4.21. The van der Waals surface area contributed by atoms with Gasteiger partial charge in [-0.2, -0.15) is 0 Å². The predicted molar refractivity (Wildman–Crippen MR) is 62.5 cm³/mol. The van der Waals surface area contributed by atoms with Gasteiger partial charge >= 0.3 is 0 Å². The monoisotopic (exact) mass is 222 g/mol. The molecule has 0 aliphatic heterocycles. The number of aromatic nitrogens is 1. The van der Waals surface area contributed by atoms with E-state index in [1.165, 1.54) is 0 Å². The van der Waals surface area contributed by atoms with Gasteiger partial charge in [-0.3, -0.25) is 4.98 Å². The van der Waals surface area contributed by atoms with Gasteiger partial charge < -0.3 is 10.5 Å². The zero-order valence-corrected chi connectivity index (χ0v) is 9.30. The molecule has 0 spiro atoms. The average molecular weight is 223 g/mol. The van der Waals surface area contributed by atoms with Gasteiger partial charge in [-0.1, -0.05) is 11.6 Å². The van der Waals surface area contributed by atoms with Crippen molar-refractivity contribution in [3.05, 3.63) is 28.9 Å². The summed E-state index contributed by atoms with van der Waals surface area (Å²) in [5.41, 5.74) is 8.21. The van der Waals surface area contributed by atoms with Crippen LogP contribution in [0.1, 0.15) is 5.56 Å². The van der Waals surface area contributed by atoms with Crippen molar-refractivity contribution in [1.29, 1.82) is 0 Å². The molecule has 0 aliphatic carbocycles. The maximum atomic E-state index is 6.20. The molecule has 0 radical (unpaired) electrons. The van der Waals surface area contributed by atoms with E-state index in [1.54, 1.807) is 19.4 Å². The van der Waals surface area contributed by atoms with Gasteiger partial charge in [-0.15, -0.1) is 0 Å². The van der Waals surface area contributed by atoms with E-state index < -0.39 is 0 Å². The van der Waals surface area contributed by atoms with E-state index in [4.69, 9.17) is 22.1 Å². The molecule has 2 aromatic rings. The van der Waals surface area contributed by atoms with E-state index in [-0.39, 0.29) is 0 Å². The van der Waals surface area contributed by atoms with E-state index >= 15 is 0 Å². The van der Waals surface area contributed by atoms with Crippen LogP contribution in [0.15, 0.2) is 18.3 Å². The SMILES string of the molecule is COc1cc(N)c2nccc(C)c2c1Cl. The van der Waals surface area contributed by atoms with Gasteiger partial charge in [0.15, 0.2) is 0 Å². The molecule has 2 N–H and O–H groups in total. The second-order valence-electron chi connectivity index (χ2n) is 3.33. The molecular weight excluding hydrogens is 212 g/mol. The third kappa shape index (κ3) is 1.49. The number of hydrogen-bond acceptors (Lipinski definition) is 3. The third-order valence-corrected chi connectivity index (χ3v) is 2.75. The standard InChI is InChI=1S/C11H11ClN2O/c1-6-3-4-14-11-7(13)5-8(15-2)10(12)9(6)11/h3-5H,13H2,1-2H3. The largest absolute Gasteiger partial charge is 0.495 e. The molecule has 0 saturated carbocycles. The van der Waals surface area contributed by atoms with Crippen LogP contribution in [0.2, 0.25) is 5.02 Å². The van der Waals surface area contributed by atoms with E-state index in [0.29, 0.717) is 16.5 Å². The Morgan fingerprint density at radius 3 is 2.87 bits per heavy atom. The minimum absolute atomic E-state index is 0.562. The van der Waals surface area contributed by atoms with Crippen LogP contribution in [-0.4, -0.2) is 12.1 Å². The molecule has 1 aromatic heterocycles. The van der Waals surface area contributed by atoms with Gasteiger partial charge in [0, 0.05) is 17.6 Å². The number of nitrogens with two attached hydrogens (primary N) is 1. The summed E-state index contributed by atoms with van der Waals surface area (Å²) in [6.45, 7) is 1.97. The number of rotatable bonds is 1.